The molecule has 0 bridgehead atoms. The molecule has 0 spiro atoms. The molecule has 2 N–H and O–H groups in total. The fourth-order valence-electron chi connectivity index (χ4n) is 4.21. The van der Waals surface area contributed by atoms with Crippen LogP contribution in [-0.4, -0.2) is 42.6 Å². The number of nitrogens with zero attached hydrogens (tertiary/aromatic N) is 4. The number of hydrogen-bond donors (Lipinski definition) is 2. The number of rotatable bonds is 11. The van der Waals surface area contributed by atoms with Crippen LogP contribution < -0.4 is 0 Å². The molecular weight excluding hydrogens is 436 g/mol. The van der Waals surface area contributed by atoms with E-state index in [4.69, 9.17) is 0 Å². The Labute approximate surface area is 207 Å². The predicted molar refractivity (Wildman–Crippen MR) is 138 cm³/mol. The summed E-state index contributed by atoms with van der Waals surface area (Å²) in [6, 6.07) is 27.0. The van der Waals surface area contributed by atoms with Crippen molar-refractivity contribution in [3.05, 3.63) is 120 Å². The molecule has 0 saturated carbocycles. The van der Waals surface area contributed by atoms with Gasteiger partial charge in [0.1, 0.15) is 11.5 Å². The summed E-state index contributed by atoms with van der Waals surface area (Å²) in [5.74, 6) is 0.594. The number of aromatic hydroxyl groups is 2. The van der Waals surface area contributed by atoms with E-state index in [1.807, 2.05) is 85.2 Å². The van der Waals surface area contributed by atoms with Crippen molar-refractivity contribution < 1.29 is 10.2 Å². The average Bonchev–Trinajstić information content (AvgIpc) is 2.87. The summed E-state index contributed by atoms with van der Waals surface area (Å²) >= 11 is 0. The second-order valence-corrected chi connectivity index (χ2v) is 8.82. The molecule has 1 atom stereocenters. The minimum absolute atomic E-state index is 0.131. The molecule has 0 unspecified atom stereocenters. The lowest BCUT2D eigenvalue weighted by Crippen LogP contribution is -2.41. The van der Waals surface area contributed by atoms with Gasteiger partial charge in [0.25, 0.3) is 0 Å². The minimum Gasteiger partial charge on any atom is -0.508 e. The molecular formula is C29H32N4O2. The standard InChI is InChI=1S/C29H32N4O2/c1-23(33(22-27-13-7-9-17-31-27)20-25-11-3-5-15-29(25)35)18-32(21-26-12-6-8-16-30-26)19-24-10-2-4-14-28(24)34/h2-17,23,34-35H,18-22H2,1H3/t23-/m1/s1. The first-order valence-electron chi connectivity index (χ1n) is 11.9. The van der Waals surface area contributed by atoms with Crippen LogP contribution in [-0.2, 0) is 26.2 Å². The van der Waals surface area contributed by atoms with Crippen LogP contribution >= 0.6 is 0 Å². The van der Waals surface area contributed by atoms with Gasteiger partial charge in [0.05, 0.1) is 11.4 Å². The van der Waals surface area contributed by atoms with Gasteiger partial charge in [0.15, 0.2) is 0 Å². The van der Waals surface area contributed by atoms with E-state index in [1.54, 1.807) is 12.1 Å². The molecule has 2 aromatic carbocycles. The van der Waals surface area contributed by atoms with Gasteiger partial charge >= 0.3 is 0 Å². The quantitative estimate of drug-likeness (QED) is 0.323. The lowest BCUT2D eigenvalue weighted by atomic mass is 10.1. The fourth-order valence-corrected chi connectivity index (χ4v) is 4.21. The Morgan fingerprint density at radius 1 is 0.629 bits per heavy atom. The topological polar surface area (TPSA) is 72.7 Å². The monoisotopic (exact) mass is 468 g/mol. The lowest BCUT2D eigenvalue weighted by molar-refractivity contribution is 0.124. The number of para-hydroxylation sites is 2. The van der Waals surface area contributed by atoms with Gasteiger partial charge < -0.3 is 10.2 Å². The molecule has 0 aliphatic heterocycles. The maximum atomic E-state index is 10.4. The summed E-state index contributed by atoms with van der Waals surface area (Å²) in [6.45, 7) is 5.45. The van der Waals surface area contributed by atoms with Gasteiger partial charge in [-0.3, -0.25) is 19.8 Å². The van der Waals surface area contributed by atoms with Gasteiger partial charge in [0, 0.05) is 62.3 Å². The number of pyridine rings is 2. The molecule has 4 aromatic rings. The summed E-state index contributed by atoms with van der Waals surface area (Å²) in [4.78, 5) is 13.7. The van der Waals surface area contributed by atoms with E-state index < -0.39 is 0 Å². The number of benzene rings is 2. The van der Waals surface area contributed by atoms with Gasteiger partial charge in [-0.2, -0.15) is 0 Å². The Morgan fingerprint density at radius 3 is 1.69 bits per heavy atom. The van der Waals surface area contributed by atoms with Gasteiger partial charge in [-0.15, -0.1) is 0 Å². The van der Waals surface area contributed by atoms with Crippen LogP contribution in [0, 0.1) is 0 Å². The van der Waals surface area contributed by atoms with Crippen LogP contribution in [0.5, 0.6) is 11.5 Å². The molecule has 2 heterocycles. The number of aromatic nitrogens is 2. The Kier molecular flexibility index (Phi) is 8.44. The first-order chi connectivity index (χ1) is 17.1. The van der Waals surface area contributed by atoms with Crippen molar-refractivity contribution in [1.29, 1.82) is 0 Å². The third kappa shape index (κ3) is 7.12. The second-order valence-electron chi connectivity index (χ2n) is 8.82. The third-order valence-electron chi connectivity index (χ3n) is 6.10. The first-order valence-corrected chi connectivity index (χ1v) is 11.9. The van der Waals surface area contributed by atoms with Crippen molar-refractivity contribution in [3.63, 3.8) is 0 Å². The van der Waals surface area contributed by atoms with Crippen molar-refractivity contribution in [1.82, 2.24) is 19.8 Å². The van der Waals surface area contributed by atoms with E-state index in [1.165, 1.54) is 0 Å². The highest BCUT2D eigenvalue weighted by Gasteiger charge is 2.21. The SMILES string of the molecule is C[C@H](CN(Cc1ccccn1)Cc1ccccc1O)N(Cc1ccccn1)Cc1ccccc1O. The van der Waals surface area contributed by atoms with Crippen molar-refractivity contribution >= 4 is 0 Å². The second kappa shape index (κ2) is 12.1. The average molecular weight is 469 g/mol. The highest BCUT2D eigenvalue weighted by atomic mass is 16.3. The molecule has 0 amide bonds. The Balaban J connectivity index is 1.57. The minimum atomic E-state index is 0.131. The largest absolute Gasteiger partial charge is 0.508 e. The first kappa shape index (κ1) is 24.4. The van der Waals surface area contributed by atoms with E-state index in [0.717, 1.165) is 29.1 Å². The van der Waals surface area contributed by atoms with Gasteiger partial charge in [-0.25, -0.2) is 0 Å². The summed E-state index contributed by atoms with van der Waals surface area (Å²) in [7, 11) is 0. The molecule has 0 saturated heterocycles. The number of hydrogen-bond acceptors (Lipinski definition) is 6. The van der Waals surface area contributed by atoms with Gasteiger partial charge in [-0.05, 0) is 43.3 Å². The van der Waals surface area contributed by atoms with Crippen LogP contribution in [0.4, 0.5) is 0 Å². The molecule has 180 valence electrons. The van der Waals surface area contributed by atoms with Crippen LogP contribution in [0.25, 0.3) is 0 Å². The maximum Gasteiger partial charge on any atom is 0.120 e. The molecule has 0 radical (unpaired) electrons. The summed E-state index contributed by atoms with van der Waals surface area (Å²) in [5.41, 5.74) is 3.72. The van der Waals surface area contributed by atoms with Gasteiger partial charge in [-0.1, -0.05) is 48.5 Å². The van der Waals surface area contributed by atoms with Gasteiger partial charge in [0.2, 0.25) is 0 Å². The third-order valence-corrected chi connectivity index (χ3v) is 6.10. The normalized spacial score (nSPS) is 12.2. The zero-order chi connectivity index (χ0) is 24.5. The molecule has 0 fully saturated rings. The molecule has 0 aliphatic carbocycles. The van der Waals surface area contributed by atoms with E-state index in [-0.39, 0.29) is 6.04 Å². The fraction of sp³-hybridized carbons (Fsp3) is 0.241. The van der Waals surface area contributed by atoms with E-state index in [9.17, 15) is 10.2 Å². The molecule has 4 rings (SSSR count). The van der Waals surface area contributed by atoms with Crippen molar-refractivity contribution in [2.45, 2.75) is 39.1 Å². The molecule has 0 aliphatic rings. The zero-order valence-electron chi connectivity index (χ0n) is 20.0. The highest BCUT2D eigenvalue weighted by molar-refractivity contribution is 5.32. The summed E-state index contributed by atoms with van der Waals surface area (Å²) < 4.78 is 0. The lowest BCUT2D eigenvalue weighted by Gasteiger charge is -2.33. The Bertz CT molecular complexity index is 1190. The maximum absolute atomic E-state index is 10.4. The van der Waals surface area contributed by atoms with Crippen LogP contribution in [0.2, 0.25) is 0 Å². The molecule has 6 nitrogen and oxygen atoms in total. The van der Waals surface area contributed by atoms with E-state index in [0.29, 0.717) is 37.7 Å². The number of phenols is 2. The molecule has 6 heteroatoms. The van der Waals surface area contributed by atoms with Crippen molar-refractivity contribution in [3.8, 4) is 11.5 Å². The molecule has 2 aromatic heterocycles. The Morgan fingerprint density at radius 2 is 1.14 bits per heavy atom. The van der Waals surface area contributed by atoms with Crippen molar-refractivity contribution in [2.24, 2.45) is 0 Å². The predicted octanol–water partition coefficient (Wildman–Crippen LogP) is 4.98. The highest BCUT2D eigenvalue weighted by Crippen LogP contribution is 2.23. The smallest absolute Gasteiger partial charge is 0.120 e. The summed E-state index contributed by atoms with van der Waals surface area (Å²) in [5, 5.41) is 20.8. The zero-order valence-corrected chi connectivity index (χ0v) is 20.0. The van der Waals surface area contributed by atoms with E-state index >= 15 is 0 Å². The summed E-state index contributed by atoms with van der Waals surface area (Å²) in [6.07, 6.45) is 3.62. The molecule has 35 heavy (non-hydrogen) atoms. The van der Waals surface area contributed by atoms with E-state index in [2.05, 4.69) is 26.7 Å². The van der Waals surface area contributed by atoms with Crippen LogP contribution in [0.15, 0.2) is 97.3 Å². The van der Waals surface area contributed by atoms with Crippen molar-refractivity contribution in [2.75, 3.05) is 6.54 Å². The Hall–Kier alpha value is -3.74. The van der Waals surface area contributed by atoms with Crippen LogP contribution in [0.1, 0.15) is 29.4 Å². The number of phenolic OH excluding ortho intramolecular Hbond substituents is 2. The van der Waals surface area contributed by atoms with Crippen LogP contribution in [0.3, 0.4) is 0 Å².